The van der Waals surface area contributed by atoms with Gasteiger partial charge in [-0.1, -0.05) is 47.7 Å². The molecule has 4 heteroatoms. The van der Waals surface area contributed by atoms with Gasteiger partial charge in [-0.05, 0) is 23.3 Å². The normalized spacial score (nSPS) is 12.7. The van der Waals surface area contributed by atoms with Crippen molar-refractivity contribution in [3.63, 3.8) is 0 Å². The Kier molecular flexibility index (Phi) is 2.97. The molecule has 0 amide bonds. The first-order valence-electron chi connectivity index (χ1n) is 5.99. The van der Waals surface area contributed by atoms with Gasteiger partial charge in [-0.3, -0.25) is 4.79 Å². The second kappa shape index (κ2) is 4.64. The van der Waals surface area contributed by atoms with Gasteiger partial charge in [-0.25, -0.2) is 0 Å². The smallest absolute Gasteiger partial charge is 0.307 e. The summed E-state index contributed by atoms with van der Waals surface area (Å²) in [5, 5.41) is 10.3. The highest BCUT2D eigenvalue weighted by Crippen LogP contribution is 2.26. The number of nitrogens with zero attached hydrogens (tertiary/aromatic N) is 1. The van der Waals surface area contributed by atoms with Crippen LogP contribution in [0.15, 0.2) is 53.3 Å². The maximum absolute atomic E-state index is 11.6. The predicted molar refractivity (Wildman–Crippen MR) is 77.6 cm³/mol. The average molecular weight is 271 g/mol. The second-order valence-electron chi connectivity index (χ2n) is 4.47. The third-order valence-corrected chi connectivity index (χ3v) is 4.24. The van der Waals surface area contributed by atoms with E-state index in [1.807, 2.05) is 48.5 Å². The highest BCUT2D eigenvalue weighted by Gasteiger charge is 2.12. The third kappa shape index (κ3) is 2.09. The van der Waals surface area contributed by atoms with Crippen molar-refractivity contribution >= 4 is 21.6 Å². The van der Waals surface area contributed by atoms with E-state index in [-0.39, 0.29) is 4.87 Å². The molecule has 2 aromatic carbocycles. The first-order chi connectivity index (χ1) is 9.16. The van der Waals surface area contributed by atoms with Crippen LogP contribution in [-0.4, -0.2) is 9.67 Å². The standard InChI is InChI=1S/C15H13NO2S/c1-16-12-8-7-11(9-13(12)19-15(16)18)14(17)10-5-3-2-4-6-10/h2-9,14,17H,1H3. The third-order valence-electron chi connectivity index (χ3n) is 3.25. The van der Waals surface area contributed by atoms with E-state index in [9.17, 15) is 9.90 Å². The van der Waals surface area contributed by atoms with Crippen molar-refractivity contribution in [3.8, 4) is 0 Å². The van der Waals surface area contributed by atoms with Gasteiger partial charge in [-0.15, -0.1) is 0 Å². The maximum atomic E-state index is 11.6. The van der Waals surface area contributed by atoms with Crippen molar-refractivity contribution in [1.82, 2.24) is 4.57 Å². The first kappa shape index (κ1) is 12.1. The molecule has 0 aliphatic heterocycles. The lowest BCUT2D eigenvalue weighted by Gasteiger charge is -2.11. The van der Waals surface area contributed by atoms with Crippen molar-refractivity contribution in [3.05, 3.63) is 69.3 Å². The molecule has 1 atom stereocenters. The van der Waals surface area contributed by atoms with Crippen molar-refractivity contribution in [2.45, 2.75) is 6.10 Å². The van der Waals surface area contributed by atoms with Gasteiger partial charge < -0.3 is 9.67 Å². The van der Waals surface area contributed by atoms with Gasteiger partial charge in [0.25, 0.3) is 0 Å². The van der Waals surface area contributed by atoms with Crippen LogP contribution >= 0.6 is 11.3 Å². The number of aryl methyl sites for hydroxylation is 1. The van der Waals surface area contributed by atoms with E-state index in [1.54, 1.807) is 11.6 Å². The lowest BCUT2D eigenvalue weighted by atomic mass is 10.0. The Balaban J connectivity index is 2.09. The van der Waals surface area contributed by atoms with Crippen molar-refractivity contribution < 1.29 is 5.11 Å². The Labute approximate surface area is 114 Å². The lowest BCUT2D eigenvalue weighted by molar-refractivity contribution is 0.220. The van der Waals surface area contributed by atoms with Crippen LogP contribution in [0.2, 0.25) is 0 Å². The molecule has 0 saturated carbocycles. The zero-order valence-corrected chi connectivity index (χ0v) is 11.2. The number of fused-ring (bicyclic) bond motifs is 1. The van der Waals surface area contributed by atoms with Gasteiger partial charge in [0, 0.05) is 7.05 Å². The zero-order valence-electron chi connectivity index (χ0n) is 10.4. The Morgan fingerprint density at radius 1 is 1.11 bits per heavy atom. The minimum absolute atomic E-state index is 0.0151. The van der Waals surface area contributed by atoms with Crippen LogP contribution in [0.25, 0.3) is 10.2 Å². The summed E-state index contributed by atoms with van der Waals surface area (Å²) < 4.78 is 2.53. The van der Waals surface area contributed by atoms with E-state index >= 15 is 0 Å². The molecule has 0 spiro atoms. The Bertz CT molecular complexity index is 774. The summed E-state index contributed by atoms with van der Waals surface area (Å²) in [4.78, 5) is 11.6. The molecule has 1 heterocycles. The van der Waals surface area contributed by atoms with E-state index in [1.165, 1.54) is 11.3 Å². The molecule has 0 bridgehead atoms. The van der Waals surface area contributed by atoms with E-state index in [2.05, 4.69) is 0 Å². The quantitative estimate of drug-likeness (QED) is 0.778. The molecule has 3 aromatic rings. The van der Waals surface area contributed by atoms with Gasteiger partial charge in [-0.2, -0.15) is 0 Å². The predicted octanol–water partition coefficient (Wildman–Crippen LogP) is 2.68. The molecule has 0 fully saturated rings. The fourth-order valence-corrected chi connectivity index (χ4v) is 3.08. The van der Waals surface area contributed by atoms with Crippen LogP contribution in [0.5, 0.6) is 0 Å². The van der Waals surface area contributed by atoms with Gasteiger partial charge >= 0.3 is 4.87 Å². The summed E-state index contributed by atoms with van der Waals surface area (Å²) in [6, 6.07) is 15.1. The molecule has 0 aliphatic carbocycles. The fourth-order valence-electron chi connectivity index (χ4n) is 2.15. The van der Waals surface area contributed by atoms with Crippen LogP contribution in [-0.2, 0) is 7.05 Å². The number of thiazole rings is 1. The Hall–Kier alpha value is -1.91. The minimum Gasteiger partial charge on any atom is -0.384 e. The minimum atomic E-state index is -0.659. The molecule has 19 heavy (non-hydrogen) atoms. The molecule has 1 N–H and O–H groups in total. The van der Waals surface area contributed by atoms with Crippen LogP contribution < -0.4 is 4.87 Å². The van der Waals surface area contributed by atoms with Crippen LogP contribution in [0.3, 0.4) is 0 Å². The Morgan fingerprint density at radius 2 is 1.84 bits per heavy atom. The summed E-state index contributed by atoms with van der Waals surface area (Å²) in [5.41, 5.74) is 2.56. The molecule has 0 aliphatic rings. The molecule has 0 saturated heterocycles. The topological polar surface area (TPSA) is 42.2 Å². The number of aliphatic hydroxyl groups excluding tert-OH is 1. The SMILES string of the molecule is Cn1c(=O)sc2cc(C(O)c3ccccc3)ccc21. The summed E-state index contributed by atoms with van der Waals surface area (Å²) in [6.45, 7) is 0. The van der Waals surface area contributed by atoms with Gasteiger partial charge in [0.1, 0.15) is 6.10 Å². The average Bonchev–Trinajstić information content (AvgIpc) is 2.74. The maximum Gasteiger partial charge on any atom is 0.307 e. The second-order valence-corrected chi connectivity index (χ2v) is 5.46. The molecule has 1 aromatic heterocycles. The van der Waals surface area contributed by atoms with Gasteiger partial charge in [0.05, 0.1) is 10.2 Å². The van der Waals surface area contributed by atoms with Crippen molar-refractivity contribution in [1.29, 1.82) is 0 Å². The molecule has 1 unspecified atom stereocenters. The monoisotopic (exact) mass is 271 g/mol. The number of hydrogen-bond acceptors (Lipinski definition) is 3. The molecular formula is C15H13NO2S. The molecule has 96 valence electrons. The number of aromatic nitrogens is 1. The van der Waals surface area contributed by atoms with E-state index in [4.69, 9.17) is 0 Å². The number of hydrogen-bond donors (Lipinski definition) is 1. The molecule has 3 nitrogen and oxygen atoms in total. The number of aliphatic hydroxyl groups is 1. The summed E-state index contributed by atoms with van der Waals surface area (Å²) in [7, 11) is 1.76. The molecule has 3 rings (SSSR count). The van der Waals surface area contributed by atoms with Crippen LogP contribution in [0, 0.1) is 0 Å². The highest BCUT2D eigenvalue weighted by atomic mass is 32.1. The van der Waals surface area contributed by atoms with E-state index < -0.39 is 6.10 Å². The van der Waals surface area contributed by atoms with Crippen molar-refractivity contribution in [2.75, 3.05) is 0 Å². The summed E-state index contributed by atoms with van der Waals surface area (Å²) in [5.74, 6) is 0. The van der Waals surface area contributed by atoms with Crippen LogP contribution in [0.4, 0.5) is 0 Å². The first-order valence-corrected chi connectivity index (χ1v) is 6.81. The largest absolute Gasteiger partial charge is 0.384 e. The summed E-state index contributed by atoms with van der Waals surface area (Å²) in [6.07, 6.45) is -0.659. The molecule has 0 radical (unpaired) electrons. The number of benzene rings is 2. The molecular weight excluding hydrogens is 258 g/mol. The van der Waals surface area contributed by atoms with Gasteiger partial charge in [0.15, 0.2) is 0 Å². The number of rotatable bonds is 2. The summed E-state index contributed by atoms with van der Waals surface area (Å²) >= 11 is 1.20. The van der Waals surface area contributed by atoms with E-state index in [0.29, 0.717) is 0 Å². The van der Waals surface area contributed by atoms with Crippen molar-refractivity contribution in [2.24, 2.45) is 7.05 Å². The van der Waals surface area contributed by atoms with Gasteiger partial charge in [0.2, 0.25) is 0 Å². The lowest BCUT2D eigenvalue weighted by Crippen LogP contribution is -2.06. The highest BCUT2D eigenvalue weighted by molar-refractivity contribution is 7.16. The van der Waals surface area contributed by atoms with Crippen LogP contribution in [0.1, 0.15) is 17.2 Å². The Morgan fingerprint density at radius 3 is 2.58 bits per heavy atom. The van der Waals surface area contributed by atoms with E-state index in [0.717, 1.165) is 21.3 Å². The zero-order chi connectivity index (χ0) is 13.4. The fraction of sp³-hybridized carbons (Fsp3) is 0.133.